The fourth-order valence-electron chi connectivity index (χ4n) is 5.62. The molecule has 0 amide bonds. The predicted octanol–water partition coefficient (Wildman–Crippen LogP) is 4.80. The lowest BCUT2D eigenvalue weighted by Crippen LogP contribution is -2.49. The Morgan fingerprint density at radius 3 is 2.25 bits per heavy atom. The first-order valence-electron chi connectivity index (χ1n) is 9.37. The van der Waals surface area contributed by atoms with Gasteiger partial charge in [0.15, 0.2) is 5.78 Å². The number of ketones is 1. The summed E-state index contributed by atoms with van der Waals surface area (Å²) >= 11 is 0. The van der Waals surface area contributed by atoms with Gasteiger partial charge in [0, 0.05) is 17.3 Å². The molecule has 0 aliphatic heterocycles. The molecule has 5 rings (SSSR count). The van der Waals surface area contributed by atoms with Gasteiger partial charge in [0.2, 0.25) is 0 Å². The lowest BCUT2D eigenvalue weighted by molar-refractivity contribution is -0.138. The van der Waals surface area contributed by atoms with Crippen molar-refractivity contribution < 1.29 is 9.53 Å². The monoisotopic (exact) mass is 325 g/mol. The van der Waals surface area contributed by atoms with Crippen LogP contribution in [0.15, 0.2) is 36.5 Å². The van der Waals surface area contributed by atoms with Gasteiger partial charge in [-0.2, -0.15) is 0 Å². The minimum Gasteiger partial charge on any atom is -0.494 e. The molecule has 3 nitrogen and oxygen atoms in total. The van der Waals surface area contributed by atoms with Crippen molar-refractivity contribution in [2.24, 2.45) is 23.2 Å². The lowest BCUT2D eigenvalue weighted by Gasteiger charge is -2.55. The molecule has 0 atom stereocenters. The van der Waals surface area contributed by atoms with Crippen molar-refractivity contribution >= 4 is 11.5 Å². The molecule has 4 aliphatic carbocycles. The summed E-state index contributed by atoms with van der Waals surface area (Å²) < 4.78 is 5.44. The van der Waals surface area contributed by atoms with Crippen molar-refractivity contribution in [3.8, 4) is 5.75 Å². The van der Waals surface area contributed by atoms with E-state index >= 15 is 0 Å². The van der Waals surface area contributed by atoms with E-state index in [9.17, 15) is 4.79 Å². The van der Waals surface area contributed by atoms with Gasteiger partial charge >= 0.3 is 0 Å². The first-order valence-corrected chi connectivity index (χ1v) is 9.37. The third-order valence-corrected chi connectivity index (χ3v) is 6.21. The van der Waals surface area contributed by atoms with Gasteiger partial charge < -0.3 is 10.1 Å². The summed E-state index contributed by atoms with van der Waals surface area (Å²) in [4.78, 5) is 12.9. The number of benzene rings is 1. The average molecular weight is 325 g/mol. The average Bonchev–Trinajstić information content (AvgIpc) is 2.55. The maximum absolute atomic E-state index is 12.9. The summed E-state index contributed by atoms with van der Waals surface area (Å²) in [6.07, 6.45) is 11.1. The molecule has 1 aromatic rings. The van der Waals surface area contributed by atoms with E-state index in [1.165, 1.54) is 19.3 Å². The molecule has 0 unspecified atom stereocenters. The first-order chi connectivity index (χ1) is 11.7. The van der Waals surface area contributed by atoms with E-state index in [1.54, 1.807) is 6.08 Å². The summed E-state index contributed by atoms with van der Waals surface area (Å²) in [5.74, 6) is 3.66. The molecule has 0 aromatic heterocycles. The van der Waals surface area contributed by atoms with Crippen LogP contribution in [-0.4, -0.2) is 12.4 Å². The van der Waals surface area contributed by atoms with Crippen LogP contribution in [0.3, 0.4) is 0 Å². The third-order valence-electron chi connectivity index (χ3n) is 6.21. The Morgan fingerprint density at radius 2 is 1.71 bits per heavy atom. The molecule has 4 saturated carbocycles. The molecule has 4 aliphatic rings. The molecule has 0 spiro atoms. The number of ether oxygens (including phenoxy) is 1. The maximum atomic E-state index is 12.9. The molecule has 0 radical (unpaired) electrons. The van der Waals surface area contributed by atoms with Gasteiger partial charge in [-0.3, -0.25) is 4.79 Å². The van der Waals surface area contributed by atoms with Crippen LogP contribution in [0.2, 0.25) is 0 Å². The predicted molar refractivity (Wildman–Crippen MR) is 96.0 cm³/mol. The summed E-state index contributed by atoms with van der Waals surface area (Å²) in [5.41, 5.74) is 0.944. The molecule has 1 aromatic carbocycles. The zero-order chi connectivity index (χ0) is 16.6. The van der Waals surface area contributed by atoms with E-state index in [2.05, 4.69) is 5.32 Å². The molecule has 128 valence electrons. The summed E-state index contributed by atoms with van der Waals surface area (Å²) in [5, 5.41) is 3.22. The molecular formula is C21H27NO2. The molecule has 1 N–H and O–H groups in total. The molecular weight excluding hydrogens is 298 g/mol. The van der Waals surface area contributed by atoms with E-state index in [0.717, 1.165) is 48.5 Å². The van der Waals surface area contributed by atoms with Crippen molar-refractivity contribution in [2.45, 2.75) is 45.4 Å². The second kappa shape index (κ2) is 6.27. The van der Waals surface area contributed by atoms with Crippen molar-refractivity contribution in [2.75, 3.05) is 11.9 Å². The number of nitrogens with one attached hydrogen (secondary N) is 1. The molecule has 4 bridgehead atoms. The summed E-state index contributed by atoms with van der Waals surface area (Å²) in [6.45, 7) is 2.65. The zero-order valence-electron chi connectivity index (χ0n) is 14.5. The van der Waals surface area contributed by atoms with Crippen LogP contribution < -0.4 is 10.1 Å². The van der Waals surface area contributed by atoms with Gasteiger partial charge in [-0.05, 0) is 93.5 Å². The highest BCUT2D eigenvalue weighted by atomic mass is 16.5. The highest BCUT2D eigenvalue weighted by molar-refractivity contribution is 5.95. The van der Waals surface area contributed by atoms with Gasteiger partial charge in [0.05, 0.1) is 6.61 Å². The third kappa shape index (κ3) is 2.97. The van der Waals surface area contributed by atoms with E-state index in [-0.39, 0.29) is 5.41 Å². The summed E-state index contributed by atoms with van der Waals surface area (Å²) in [7, 11) is 0. The number of allylic oxidation sites excluding steroid dienone is 1. The Bertz CT molecular complexity index is 596. The van der Waals surface area contributed by atoms with Crippen molar-refractivity contribution in [1.29, 1.82) is 0 Å². The highest BCUT2D eigenvalue weighted by Gasteiger charge is 2.53. The van der Waals surface area contributed by atoms with Gasteiger partial charge in [-0.15, -0.1) is 0 Å². The number of carbonyl (C=O) groups is 1. The maximum Gasteiger partial charge on any atom is 0.163 e. The second-order valence-corrected chi connectivity index (χ2v) is 8.00. The second-order valence-electron chi connectivity index (χ2n) is 8.00. The van der Waals surface area contributed by atoms with Crippen LogP contribution in [0, 0.1) is 23.2 Å². The molecule has 0 heterocycles. The lowest BCUT2D eigenvalue weighted by atomic mass is 9.48. The summed E-state index contributed by atoms with van der Waals surface area (Å²) in [6, 6.07) is 7.84. The standard InChI is InChI=1S/C21H27NO2/c1-2-24-19-5-3-18(4-6-19)22-8-7-20(23)21-12-15-9-16(13-21)11-17(10-15)14-21/h3-8,15-17,22H,2,9-14H2,1H3. The molecule has 0 saturated heterocycles. The molecule has 3 heteroatoms. The number of rotatable bonds is 6. The molecule has 4 fully saturated rings. The van der Waals surface area contributed by atoms with Gasteiger partial charge in [0.25, 0.3) is 0 Å². The quantitative estimate of drug-likeness (QED) is 0.764. The van der Waals surface area contributed by atoms with E-state index in [4.69, 9.17) is 4.74 Å². The molecule has 24 heavy (non-hydrogen) atoms. The normalized spacial score (nSPS) is 33.8. The topological polar surface area (TPSA) is 38.3 Å². The van der Waals surface area contributed by atoms with Crippen LogP contribution in [0.25, 0.3) is 0 Å². The smallest absolute Gasteiger partial charge is 0.163 e. The Balaban J connectivity index is 1.38. The van der Waals surface area contributed by atoms with E-state index in [1.807, 2.05) is 37.4 Å². The van der Waals surface area contributed by atoms with Crippen LogP contribution in [0.1, 0.15) is 45.4 Å². The van der Waals surface area contributed by atoms with Crippen molar-refractivity contribution in [1.82, 2.24) is 0 Å². The fourth-order valence-corrected chi connectivity index (χ4v) is 5.62. The minimum atomic E-state index is -0.0360. The van der Waals surface area contributed by atoms with E-state index in [0.29, 0.717) is 12.4 Å². The highest BCUT2D eigenvalue weighted by Crippen LogP contribution is 2.60. The van der Waals surface area contributed by atoms with Gasteiger partial charge in [-0.25, -0.2) is 0 Å². The van der Waals surface area contributed by atoms with Crippen molar-refractivity contribution in [3.05, 3.63) is 36.5 Å². The van der Waals surface area contributed by atoms with E-state index < -0.39 is 0 Å². The Labute approximate surface area is 144 Å². The Kier molecular flexibility index (Phi) is 4.11. The first kappa shape index (κ1) is 15.7. The number of anilines is 1. The number of carbonyl (C=O) groups excluding carboxylic acids is 1. The Morgan fingerprint density at radius 1 is 1.12 bits per heavy atom. The fraction of sp³-hybridized carbons (Fsp3) is 0.571. The largest absolute Gasteiger partial charge is 0.494 e. The Hall–Kier alpha value is -1.77. The van der Waals surface area contributed by atoms with Gasteiger partial charge in [-0.1, -0.05) is 0 Å². The van der Waals surface area contributed by atoms with Crippen LogP contribution in [0.4, 0.5) is 5.69 Å². The van der Waals surface area contributed by atoms with Crippen LogP contribution in [0.5, 0.6) is 5.75 Å². The number of hydrogen-bond acceptors (Lipinski definition) is 3. The minimum absolute atomic E-state index is 0.0360. The number of hydrogen-bond donors (Lipinski definition) is 1. The van der Waals surface area contributed by atoms with Crippen molar-refractivity contribution in [3.63, 3.8) is 0 Å². The SMILES string of the molecule is CCOc1ccc(NC=CC(=O)C23CC4CC(CC(C4)C2)C3)cc1. The zero-order valence-corrected chi connectivity index (χ0v) is 14.5. The van der Waals surface area contributed by atoms with Crippen LogP contribution in [-0.2, 0) is 4.79 Å². The van der Waals surface area contributed by atoms with Gasteiger partial charge in [0.1, 0.15) is 5.75 Å². The van der Waals surface area contributed by atoms with Crippen LogP contribution >= 0.6 is 0 Å².